The van der Waals surface area contributed by atoms with Crippen LogP contribution in [0, 0.1) is 6.92 Å². The van der Waals surface area contributed by atoms with E-state index < -0.39 is 9.84 Å². The van der Waals surface area contributed by atoms with Gasteiger partial charge in [-0.2, -0.15) is 0 Å². The quantitative estimate of drug-likeness (QED) is 0.833. The average Bonchev–Trinajstić information content (AvgIpc) is 2.27. The maximum absolute atomic E-state index is 11.6. The van der Waals surface area contributed by atoms with Crippen molar-refractivity contribution in [3.63, 3.8) is 0 Å². The van der Waals surface area contributed by atoms with Crippen LogP contribution in [-0.2, 0) is 9.84 Å². The van der Waals surface area contributed by atoms with E-state index in [0.717, 1.165) is 16.8 Å². The molecular formula is C13H18N2O2S2. The van der Waals surface area contributed by atoms with Gasteiger partial charge in [-0.15, -0.1) is 0 Å². The highest BCUT2D eigenvalue weighted by atomic mass is 32.2. The number of hydrogen-bond donors (Lipinski definition) is 1. The molecular weight excluding hydrogens is 280 g/mol. The molecule has 0 amide bonds. The summed E-state index contributed by atoms with van der Waals surface area (Å²) in [4.78, 5) is 2.43. The summed E-state index contributed by atoms with van der Waals surface area (Å²) in [6, 6.07) is 5.82. The number of hydrogen-bond acceptors (Lipinski definition) is 4. The first-order valence-corrected chi connectivity index (χ1v) is 8.40. The van der Waals surface area contributed by atoms with Gasteiger partial charge in [-0.05, 0) is 31.5 Å². The molecule has 0 aromatic heterocycles. The second-order valence-electron chi connectivity index (χ2n) is 5.04. The predicted molar refractivity (Wildman–Crippen MR) is 82.5 cm³/mol. The van der Waals surface area contributed by atoms with Crippen molar-refractivity contribution >= 4 is 32.7 Å². The van der Waals surface area contributed by atoms with Gasteiger partial charge in [0.15, 0.2) is 9.84 Å². The van der Waals surface area contributed by atoms with E-state index in [2.05, 4.69) is 4.90 Å². The fourth-order valence-corrected chi connectivity index (χ4v) is 4.17. The molecule has 1 atom stereocenters. The Labute approximate surface area is 119 Å². The van der Waals surface area contributed by atoms with E-state index in [9.17, 15) is 8.42 Å². The molecule has 1 aliphatic heterocycles. The number of thiocarbonyl (C=S) groups is 1. The maximum atomic E-state index is 11.6. The number of rotatable bonds is 2. The van der Waals surface area contributed by atoms with Gasteiger partial charge in [-0.3, -0.25) is 0 Å². The van der Waals surface area contributed by atoms with Crippen molar-refractivity contribution in [1.82, 2.24) is 0 Å². The Morgan fingerprint density at radius 3 is 2.74 bits per heavy atom. The van der Waals surface area contributed by atoms with Gasteiger partial charge >= 0.3 is 0 Å². The monoisotopic (exact) mass is 298 g/mol. The Balaban J connectivity index is 2.42. The lowest BCUT2D eigenvalue weighted by atomic mass is 10.1. The Morgan fingerprint density at radius 1 is 1.47 bits per heavy atom. The Hall–Kier alpha value is -1.14. The van der Waals surface area contributed by atoms with Crippen LogP contribution in [0.15, 0.2) is 18.2 Å². The molecule has 0 bridgehead atoms. The summed E-state index contributed by atoms with van der Waals surface area (Å²) < 4.78 is 23.3. The molecule has 19 heavy (non-hydrogen) atoms. The minimum atomic E-state index is -2.92. The molecule has 0 aliphatic carbocycles. The van der Waals surface area contributed by atoms with Gasteiger partial charge < -0.3 is 10.6 Å². The number of nitrogens with zero attached hydrogens (tertiary/aromatic N) is 1. The lowest BCUT2D eigenvalue weighted by molar-refractivity contribution is 0.568. The SMILES string of the molecule is Cc1ccc(C(N)=S)c(N2CCS(=O)(=O)CC2C)c1. The van der Waals surface area contributed by atoms with Gasteiger partial charge in [-0.25, -0.2) is 8.42 Å². The van der Waals surface area contributed by atoms with Crippen molar-refractivity contribution in [2.75, 3.05) is 23.0 Å². The fraction of sp³-hybridized carbons (Fsp3) is 0.462. The van der Waals surface area contributed by atoms with E-state index >= 15 is 0 Å². The molecule has 2 N–H and O–H groups in total. The van der Waals surface area contributed by atoms with E-state index in [4.69, 9.17) is 18.0 Å². The van der Waals surface area contributed by atoms with Crippen molar-refractivity contribution < 1.29 is 8.42 Å². The molecule has 1 fully saturated rings. The van der Waals surface area contributed by atoms with Gasteiger partial charge in [-0.1, -0.05) is 18.3 Å². The van der Waals surface area contributed by atoms with Gasteiger partial charge in [0.1, 0.15) is 4.99 Å². The summed E-state index contributed by atoms with van der Waals surface area (Å²) in [6.07, 6.45) is 0. The molecule has 2 rings (SSSR count). The fourth-order valence-electron chi connectivity index (χ4n) is 2.44. The average molecular weight is 298 g/mol. The second-order valence-corrected chi connectivity index (χ2v) is 7.71. The number of aryl methyl sites for hydroxylation is 1. The minimum absolute atomic E-state index is 0.0614. The van der Waals surface area contributed by atoms with Gasteiger partial charge in [0.25, 0.3) is 0 Å². The lowest BCUT2D eigenvalue weighted by Gasteiger charge is -2.36. The van der Waals surface area contributed by atoms with Crippen molar-refractivity contribution in [2.24, 2.45) is 5.73 Å². The van der Waals surface area contributed by atoms with Crippen LogP contribution in [-0.4, -0.2) is 37.5 Å². The summed E-state index contributed by atoms with van der Waals surface area (Å²) in [5.41, 5.74) is 8.62. The van der Waals surface area contributed by atoms with Gasteiger partial charge in [0, 0.05) is 23.8 Å². The molecule has 1 heterocycles. The second kappa shape index (κ2) is 5.09. The number of sulfone groups is 1. The third-order valence-corrected chi connectivity index (χ3v) is 5.41. The first-order chi connectivity index (χ1) is 8.80. The molecule has 0 radical (unpaired) electrons. The van der Waals surface area contributed by atoms with Crippen molar-refractivity contribution in [3.8, 4) is 0 Å². The van der Waals surface area contributed by atoms with Crippen molar-refractivity contribution in [1.29, 1.82) is 0 Å². The van der Waals surface area contributed by atoms with E-state index in [1.807, 2.05) is 32.0 Å². The summed E-state index contributed by atoms with van der Waals surface area (Å²) >= 11 is 5.08. The standard InChI is InChI=1S/C13H18N2O2S2/c1-9-3-4-11(13(14)18)12(7-9)15-5-6-19(16,17)8-10(15)2/h3-4,7,10H,5-6,8H2,1-2H3,(H2,14,18). The predicted octanol–water partition coefficient (Wildman–Crippen LogP) is 1.25. The molecule has 104 valence electrons. The van der Waals surface area contributed by atoms with Crippen LogP contribution in [0.1, 0.15) is 18.1 Å². The normalized spacial score (nSPS) is 22.2. The van der Waals surface area contributed by atoms with Crippen LogP contribution in [0.4, 0.5) is 5.69 Å². The van der Waals surface area contributed by atoms with Crippen LogP contribution in [0.5, 0.6) is 0 Å². The van der Waals surface area contributed by atoms with Crippen LogP contribution in [0.2, 0.25) is 0 Å². The molecule has 1 unspecified atom stereocenters. The Kier molecular flexibility index (Phi) is 3.82. The summed E-state index contributed by atoms with van der Waals surface area (Å²) in [5, 5.41) is 0. The molecule has 0 saturated carbocycles. The zero-order valence-electron chi connectivity index (χ0n) is 11.1. The van der Waals surface area contributed by atoms with Gasteiger partial charge in [0.05, 0.1) is 11.5 Å². The molecule has 1 saturated heterocycles. The molecule has 0 spiro atoms. The summed E-state index contributed by atoms with van der Waals surface area (Å²) in [5.74, 6) is 0.361. The third-order valence-electron chi connectivity index (χ3n) is 3.40. The zero-order chi connectivity index (χ0) is 14.2. The number of benzene rings is 1. The van der Waals surface area contributed by atoms with Crippen LogP contribution >= 0.6 is 12.2 Å². The molecule has 1 aliphatic rings. The van der Waals surface area contributed by atoms with E-state index in [1.54, 1.807) is 0 Å². The molecule has 4 nitrogen and oxygen atoms in total. The van der Waals surface area contributed by atoms with Gasteiger partial charge in [0.2, 0.25) is 0 Å². The first-order valence-electron chi connectivity index (χ1n) is 6.18. The number of anilines is 1. The Bertz CT molecular complexity index is 611. The number of nitrogens with two attached hydrogens (primary N) is 1. The summed E-state index contributed by atoms with van der Waals surface area (Å²) in [7, 11) is -2.92. The molecule has 1 aromatic carbocycles. The van der Waals surface area contributed by atoms with E-state index in [-0.39, 0.29) is 17.5 Å². The molecule has 1 aromatic rings. The topological polar surface area (TPSA) is 63.4 Å². The highest BCUT2D eigenvalue weighted by Crippen LogP contribution is 2.27. The van der Waals surface area contributed by atoms with Crippen LogP contribution < -0.4 is 10.6 Å². The highest BCUT2D eigenvalue weighted by Gasteiger charge is 2.29. The van der Waals surface area contributed by atoms with Crippen LogP contribution in [0.25, 0.3) is 0 Å². The van der Waals surface area contributed by atoms with Crippen molar-refractivity contribution in [2.45, 2.75) is 19.9 Å². The van der Waals surface area contributed by atoms with E-state index in [1.165, 1.54) is 0 Å². The van der Waals surface area contributed by atoms with E-state index in [0.29, 0.717) is 11.5 Å². The maximum Gasteiger partial charge on any atom is 0.154 e. The summed E-state index contributed by atoms with van der Waals surface area (Å²) in [6.45, 7) is 4.41. The smallest absolute Gasteiger partial charge is 0.154 e. The first kappa shape index (κ1) is 14.3. The zero-order valence-corrected chi connectivity index (χ0v) is 12.7. The van der Waals surface area contributed by atoms with Crippen LogP contribution in [0.3, 0.4) is 0 Å². The molecule has 6 heteroatoms. The lowest BCUT2D eigenvalue weighted by Crippen LogP contribution is -2.47. The van der Waals surface area contributed by atoms with Crippen molar-refractivity contribution in [3.05, 3.63) is 29.3 Å². The highest BCUT2D eigenvalue weighted by molar-refractivity contribution is 7.91. The third kappa shape index (κ3) is 3.06. The Morgan fingerprint density at radius 2 is 2.16 bits per heavy atom. The largest absolute Gasteiger partial charge is 0.389 e. The minimum Gasteiger partial charge on any atom is -0.389 e.